The molecule has 1 aromatic carbocycles. The molecule has 2 aromatic rings. The lowest BCUT2D eigenvalue weighted by Gasteiger charge is -2.25. The molecular formula is C20H20FN3O4. The number of terminal acetylenes is 1. The molecule has 2 heterocycles. The monoisotopic (exact) mass is 385 g/mol. The first-order valence-corrected chi connectivity index (χ1v) is 9.04. The van der Waals surface area contributed by atoms with E-state index in [2.05, 4.69) is 10.7 Å². The highest BCUT2D eigenvalue weighted by atomic mass is 19.1. The molecule has 1 atom stereocenters. The van der Waals surface area contributed by atoms with Gasteiger partial charge in [-0.1, -0.05) is 5.92 Å². The topological polar surface area (TPSA) is 97.8 Å². The summed E-state index contributed by atoms with van der Waals surface area (Å²) >= 11 is 0. The lowest BCUT2D eigenvalue weighted by Crippen LogP contribution is -2.39. The maximum absolute atomic E-state index is 15.1. The van der Waals surface area contributed by atoms with Gasteiger partial charge in [0.15, 0.2) is 5.75 Å². The van der Waals surface area contributed by atoms with E-state index in [9.17, 15) is 9.59 Å². The van der Waals surface area contributed by atoms with Crippen molar-refractivity contribution in [3.63, 3.8) is 0 Å². The molecule has 1 aliphatic heterocycles. The van der Waals surface area contributed by atoms with Crippen LogP contribution in [-0.2, 0) is 0 Å². The SMILES string of the molecule is C#Cc1c(N2CCC(C)(N)C2)c(F)cc2c(=O)c(OC(=O)O)cn(C3CC3)c12. The summed E-state index contributed by atoms with van der Waals surface area (Å²) in [6.07, 6.45) is 7.91. The summed E-state index contributed by atoms with van der Waals surface area (Å²) in [5.41, 5.74) is 5.99. The average molecular weight is 385 g/mol. The van der Waals surface area contributed by atoms with Crippen LogP contribution in [0.1, 0.15) is 37.8 Å². The Morgan fingerprint density at radius 2 is 2.21 bits per heavy atom. The van der Waals surface area contributed by atoms with Gasteiger partial charge in [0, 0.05) is 24.7 Å². The Morgan fingerprint density at radius 1 is 1.50 bits per heavy atom. The quantitative estimate of drug-likeness (QED) is 0.622. The van der Waals surface area contributed by atoms with E-state index in [1.54, 1.807) is 4.57 Å². The van der Waals surface area contributed by atoms with E-state index in [0.717, 1.165) is 18.9 Å². The van der Waals surface area contributed by atoms with Gasteiger partial charge in [-0.15, -0.1) is 6.42 Å². The van der Waals surface area contributed by atoms with Crippen molar-refractivity contribution in [1.29, 1.82) is 0 Å². The van der Waals surface area contributed by atoms with Gasteiger partial charge in [-0.05, 0) is 32.3 Å². The van der Waals surface area contributed by atoms with Gasteiger partial charge in [-0.3, -0.25) is 4.79 Å². The van der Waals surface area contributed by atoms with Crippen molar-refractivity contribution in [2.24, 2.45) is 5.73 Å². The third-order valence-electron chi connectivity index (χ3n) is 5.31. The molecule has 3 N–H and O–H groups in total. The predicted octanol–water partition coefficient (Wildman–Crippen LogP) is 2.44. The maximum atomic E-state index is 15.1. The van der Waals surface area contributed by atoms with Crippen LogP contribution < -0.4 is 20.8 Å². The number of hydrogen-bond donors (Lipinski definition) is 2. The highest BCUT2D eigenvalue weighted by molar-refractivity contribution is 5.92. The van der Waals surface area contributed by atoms with Gasteiger partial charge in [-0.2, -0.15) is 0 Å². The Balaban J connectivity index is 2.01. The number of carbonyl (C=O) groups is 1. The number of carboxylic acid groups (broad SMARTS) is 1. The van der Waals surface area contributed by atoms with E-state index in [1.807, 2.05) is 11.8 Å². The predicted molar refractivity (Wildman–Crippen MR) is 102 cm³/mol. The van der Waals surface area contributed by atoms with Gasteiger partial charge < -0.3 is 25.0 Å². The Labute approximate surface area is 160 Å². The number of hydrogen-bond acceptors (Lipinski definition) is 5. The van der Waals surface area contributed by atoms with Crippen molar-refractivity contribution >= 4 is 22.7 Å². The zero-order valence-corrected chi connectivity index (χ0v) is 15.4. The molecular weight excluding hydrogens is 365 g/mol. The molecule has 1 unspecified atom stereocenters. The summed E-state index contributed by atoms with van der Waals surface area (Å²) < 4.78 is 21.5. The molecule has 1 aromatic heterocycles. The molecule has 0 amide bonds. The number of nitrogens with two attached hydrogens (primary N) is 1. The van der Waals surface area contributed by atoms with Crippen LogP contribution in [0.5, 0.6) is 5.75 Å². The van der Waals surface area contributed by atoms with E-state index in [4.69, 9.17) is 17.3 Å². The molecule has 0 radical (unpaired) electrons. The fraction of sp³-hybridized carbons (Fsp3) is 0.400. The first-order chi connectivity index (χ1) is 13.2. The average Bonchev–Trinajstić information content (AvgIpc) is 3.39. The molecule has 2 aliphatic rings. The van der Waals surface area contributed by atoms with Crippen LogP contribution >= 0.6 is 0 Å². The van der Waals surface area contributed by atoms with Gasteiger partial charge in [0.05, 0.1) is 28.4 Å². The number of ether oxygens (including phenoxy) is 1. The number of anilines is 1. The molecule has 0 spiro atoms. The van der Waals surface area contributed by atoms with Crippen molar-refractivity contribution in [3.8, 4) is 18.1 Å². The van der Waals surface area contributed by atoms with Crippen LogP contribution in [0.15, 0.2) is 17.1 Å². The Kier molecular flexibility index (Phi) is 4.08. The summed E-state index contributed by atoms with van der Waals surface area (Å²) in [5, 5.41) is 8.91. The van der Waals surface area contributed by atoms with E-state index in [0.29, 0.717) is 25.0 Å². The fourth-order valence-corrected chi connectivity index (χ4v) is 3.88. The number of nitrogens with zero attached hydrogens (tertiary/aromatic N) is 2. The standard InChI is InChI=1S/C20H20FN3O4/c1-3-12-16-13(8-14(21)17(12)23-7-6-20(2,22)10-23)18(25)15(28-19(26)27)9-24(16)11-4-5-11/h1,8-9,11H,4-7,10,22H2,2H3,(H,26,27). The van der Waals surface area contributed by atoms with Gasteiger partial charge in [-0.25, -0.2) is 9.18 Å². The number of halogens is 1. The molecule has 28 heavy (non-hydrogen) atoms. The van der Waals surface area contributed by atoms with Crippen LogP contribution in [0.4, 0.5) is 14.9 Å². The highest BCUT2D eigenvalue weighted by Crippen LogP contribution is 2.41. The first-order valence-electron chi connectivity index (χ1n) is 9.04. The summed E-state index contributed by atoms with van der Waals surface area (Å²) in [4.78, 5) is 25.5. The second-order valence-corrected chi connectivity index (χ2v) is 7.78. The third kappa shape index (κ3) is 2.98. The van der Waals surface area contributed by atoms with E-state index in [-0.39, 0.29) is 28.4 Å². The maximum Gasteiger partial charge on any atom is 0.511 e. The largest absolute Gasteiger partial charge is 0.511 e. The molecule has 1 aliphatic carbocycles. The minimum Gasteiger partial charge on any atom is -0.449 e. The lowest BCUT2D eigenvalue weighted by atomic mass is 10.0. The number of fused-ring (bicyclic) bond motifs is 1. The van der Waals surface area contributed by atoms with Crippen molar-refractivity contribution in [1.82, 2.24) is 4.57 Å². The van der Waals surface area contributed by atoms with Crippen LogP contribution in [0.2, 0.25) is 0 Å². The molecule has 0 bridgehead atoms. The van der Waals surface area contributed by atoms with Crippen LogP contribution in [0.3, 0.4) is 0 Å². The minimum atomic E-state index is -1.60. The Bertz CT molecular complexity index is 1100. The van der Waals surface area contributed by atoms with Crippen LogP contribution in [0, 0.1) is 18.2 Å². The molecule has 8 heteroatoms. The Morgan fingerprint density at radius 3 is 2.75 bits per heavy atom. The van der Waals surface area contributed by atoms with Gasteiger partial charge in [0.25, 0.3) is 0 Å². The summed E-state index contributed by atoms with van der Waals surface area (Å²) in [6, 6.07) is 1.18. The number of pyridine rings is 1. The number of benzene rings is 1. The molecule has 2 fully saturated rings. The normalized spacial score (nSPS) is 21.7. The lowest BCUT2D eigenvalue weighted by molar-refractivity contribution is 0.143. The first kappa shape index (κ1) is 18.3. The van der Waals surface area contributed by atoms with Crippen molar-refractivity contribution in [3.05, 3.63) is 33.9 Å². The summed E-state index contributed by atoms with van der Waals surface area (Å²) in [5.74, 6) is 1.56. The van der Waals surface area contributed by atoms with Crippen LogP contribution in [0.25, 0.3) is 10.9 Å². The molecule has 7 nitrogen and oxygen atoms in total. The van der Waals surface area contributed by atoms with Crippen molar-refractivity contribution in [2.45, 2.75) is 37.8 Å². The minimum absolute atomic E-state index is 0.00885. The third-order valence-corrected chi connectivity index (χ3v) is 5.31. The van der Waals surface area contributed by atoms with E-state index < -0.39 is 22.9 Å². The van der Waals surface area contributed by atoms with Crippen LogP contribution in [-0.4, -0.2) is 34.5 Å². The second kappa shape index (κ2) is 6.24. The van der Waals surface area contributed by atoms with Gasteiger partial charge in [0.2, 0.25) is 5.43 Å². The molecule has 146 valence electrons. The van der Waals surface area contributed by atoms with Gasteiger partial charge >= 0.3 is 6.16 Å². The molecule has 4 rings (SSSR count). The van der Waals surface area contributed by atoms with E-state index in [1.165, 1.54) is 6.20 Å². The smallest absolute Gasteiger partial charge is 0.449 e. The zero-order valence-electron chi connectivity index (χ0n) is 15.4. The van der Waals surface area contributed by atoms with Crippen molar-refractivity contribution in [2.75, 3.05) is 18.0 Å². The van der Waals surface area contributed by atoms with Gasteiger partial charge in [0.1, 0.15) is 5.82 Å². The fourth-order valence-electron chi connectivity index (χ4n) is 3.88. The summed E-state index contributed by atoms with van der Waals surface area (Å²) in [6.45, 7) is 2.90. The highest BCUT2D eigenvalue weighted by Gasteiger charge is 2.34. The second-order valence-electron chi connectivity index (χ2n) is 7.78. The molecule has 1 saturated heterocycles. The Hall–Kier alpha value is -3.05. The van der Waals surface area contributed by atoms with E-state index >= 15 is 4.39 Å². The van der Waals surface area contributed by atoms with Crippen molar-refractivity contribution < 1.29 is 19.0 Å². The number of aromatic nitrogens is 1. The molecule has 1 saturated carbocycles. The summed E-state index contributed by atoms with van der Waals surface area (Å²) in [7, 11) is 0. The zero-order chi connectivity index (χ0) is 20.2. The number of rotatable bonds is 3.